The number of likely N-dealkylation sites (tertiary alicyclic amines) is 1. The highest BCUT2D eigenvalue weighted by atomic mass is 16.2. The summed E-state index contributed by atoms with van der Waals surface area (Å²) in [6.07, 6.45) is 1.20. The van der Waals surface area contributed by atoms with E-state index in [2.05, 4.69) is 15.5 Å². The van der Waals surface area contributed by atoms with E-state index in [4.69, 9.17) is 0 Å². The minimum Gasteiger partial charge on any atom is -0.355 e. The number of nitrogens with zero attached hydrogens (tertiary/aromatic N) is 2. The standard InChI is InChI=1S/C13H22N4O2/c18-12-2-1-10(7-15-12)13(19)17-8-11(9-17)16-5-3-14-4-6-16/h10-11,14H,1-9H2,(H,15,18). The van der Waals surface area contributed by atoms with Crippen molar-refractivity contribution in [3.05, 3.63) is 0 Å². The molecular weight excluding hydrogens is 244 g/mol. The van der Waals surface area contributed by atoms with Crippen molar-refractivity contribution in [3.63, 3.8) is 0 Å². The summed E-state index contributed by atoms with van der Waals surface area (Å²) in [5.74, 6) is 0.305. The molecule has 3 aliphatic heterocycles. The van der Waals surface area contributed by atoms with Crippen LogP contribution >= 0.6 is 0 Å². The maximum Gasteiger partial charge on any atom is 0.227 e. The first-order valence-electron chi connectivity index (χ1n) is 7.24. The summed E-state index contributed by atoms with van der Waals surface area (Å²) in [5.41, 5.74) is 0. The van der Waals surface area contributed by atoms with E-state index < -0.39 is 0 Å². The highest BCUT2D eigenvalue weighted by Crippen LogP contribution is 2.21. The highest BCUT2D eigenvalue weighted by molar-refractivity contribution is 5.84. The second-order valence-electron chi connectivity index (χ2n) is 5.72. The number of carbonyl (C=O) groups excluding carboxylic acids is 2. The number of nitrogens with one attached hydrogen (secondary N) is 2. The van der Waals surface area contributed by atoms with Gasteiger partial charge in [0.05, 0.1) is 5.92 Å². The van der Waals surface area contributed by atoms with Crippen molar-refractivity contribution in [1.82, 2.24) is 20.4 Å². The molecule has 2 N–H and O–H groups in total. The zero-order valence-electron chi connectivity index (χ0n) is 11.2. The predicted molar refractivity (Wildman–Crippen MR) is 70.5 cm³/mol. The van der Waals surface area contributed by atoms with Gasteiger partial charge >= 0.3 is 0 Å². The third-order valence-electron chi connectivity index (χ3n) is 4.46. The number of amides is 2. The van der Waals surface area contributed by atoms with Crippen molar-refractivity contribution >= 4 is 11.8 Å². The molecule has 3 rings (SSSR count). The van der Waals surface area contributed by atoms with Crippen LogP contribution in [-0.2, 0) is 9.59 Å². The summed E-state index contributed by atoms with van der Waals surface area (Å²) in [6, 6.07) is 0.546. The number of piperazine rings is 1. The van der Waals surface area contributed by atoms with Gasteiger partial charge in [0.25, 0.3) is 0 Å². The van der Waals surface area contributed by atoms with E-state index in [1.165, 1.54) is 0 Å². The van der Waals surface area contributed by atoms with Crippen LogP contribution in [0.1, 0.15) is 12.8 Å². The first kappa shape index (κ1) is 12.9. The van der Waals surface area contributed by atoms with Gasteiger partial charge in [-0.3, -0.25) is 14.5 Å². The molecule has 19 heavy (non-hydrogen) atoms. The quantitative estimate of drug-likeness (QED) is 0.647. The van der Waals surface area contributed by atoms with Crippen LogP contribution in [0.25, 0.3) is 0 Å². The minimum absolute atomic E-state index is 0.00155. The molecule has 3 heterocycles. The Balaban J connectivity index is 1.44. The Labute approximate surface area is 113 Å². The fraction of sp³-hybridized carbons (Fsp3) is 0.846. The monoisotopic (exact) mass is 266 g/mol. The van der Waals surface area contributed by atoms with Crippen LogP contribution < -0.4 is 10.6 Å². The fourth-order valence-corrected chi connectivity index (χ4v) is 3.12. The molecule has 3 saturated heterocycles. The zero-order valence-corrected chi connectivity index (χ0v) is 11.2. The lowest BCUT2D eigenvalue weighted by molar-refractivity contribution is -0.144. The Morgan fingerprint density at radius 1 is 1.21 bits per heavy atom. The van der Waals surface area contributed by atoms with Crippen LogP contribution in [0.4, 0.5) is 0 Å². The number of piperidine rings is 1. The fourth-order valence-electron chi connectivity index (χ4n) is 3.12. The van der Waals surface area contributed by atoms with Crippen LogP contribution in [0.15, 0.2) is 0 Å². The van der Waals surface area contributed by atoms with Gasteiger partial charge in [-0.25, -0.2) is 0 Å². The summed E-state index contributed by atoms with van der Waals surface area (Å²) in [6.45, 7) is 6.54. The molecule has 3 aliphatic rings. The van der Waals surface area contributed by atoms with Gasteiger partial charge in [-0.15, -0.1) is 0 Å². The van der Waals surface area contributed by atoms with E-state index >= 15 is 0 Å². The van der Waals surface area contributed by atoms with Crippen LogP contribution in [0.5, 0.6) is 0 Å². The summed E-state index contributed by atoms with van der Waals surface area (Å²) in [7, 11) is 0. The van der Waals surface area contributed by atoms with Gasteiger partial charge in [-0.2, -0.15) is 0 Å². The molecule has 6 nitrogen and oxygen atoms in total. The molecule has 3 fully saturated rings. The number of hydrogen-bond donors (Lipinski definition) is 2. The SMILES string of the molecule is O=C1CCC(C(=O)N2CC(N3CCNCC3)C2)CN1. The molecular formula is C13H22N4O2. The second-order valence-corrected chi connectivity index (χ2v) is 5.72. The first-order chi connectivity index (χ1) is 9.24. The van der Waals surface area contributed by atoms with Crippen LogP contribution in [-0.4, -0.2) is 73.5 Å². The van der Waals surface area contributed by atoms with Gasteiger partial charge in [0.2, 0.25) is 11.8 Å². The van der Waals surface area contributed by atoms with Crippen LogP contribution in [0.2, 0.25) is 0 Å². The van der Waals surface area contributed by atoms with Crippen molar-refractivity contribution in [3.8, 4) is 0 Å². The molecule has 0 aromatic heterocycles. The molecule has 0 aromatic carbocycles. The van der Waals surface area contributed by atoms with Crippen LogP contribution in [0, 0.1) is 5.92 Å². The van der Waals surface area contributed by atoms with Crippen LogP contribution in [0.3, 0.4) is 0 Å². The van der Waals surface area contributed by atoms with Gasteiger partial charge in [0.1, 0.15) is 0 Å². The maximum atomic E-state index is 12.3. The van der Waals surface area contributed by atoms with Gasteiger partial charge in [-0.1, -0.05) is 0 Å². The van der Waals surface area contributed by atoms with Crippen molar-refractivity contribution in [2.24, 2.45) is 5.92 Å². The predicted octanol–water partition coefficient (Wildman–Crippen LogP) is -1.37. The number of carbonyl (C=O) groups is 2. The van der Waals surface area contributed by atoms with E-state index in [-0.39, 0.29) is 17.7 Å². The molecule has 0 aromatic rings. The molecule has 0 aliphatic carbocycles. The summed E-state index contributed by atoms with van der Waals surface area (Å²) < 4.78 is 0. The Bertz CT molecular complexity index is 352. The molecule has 1 atom stereocenters. The van der Waals surface area contributed by atoms with Gasteiger partial charge < -0.3 is 15.5 Å². The van der Waals surface area contributed by atoms with Crippen molar-refractivity contribution in [1.29, 1.82) is 0 Å². The Kier molecular flexibility index (Phi) is 3.70. The second kappa shape index (κ2) is 5.46. The van der Waals surface area contributed by atoms with E-state index in [1.54, 1.807) is 0 Å². The molecule has 6 heteroatoms. The minimum atomic E-state index is 0.00155. The third-order valence-corrected chi connectivity index (χ3v) is 4.46. The largest absolute Gasteiger partial charge is 0.355 e. The van der Waals surface area contributed by atoms with E-state index in [9.17, 15) is 9.59 Å². The number of hydrogen-bond acceptors (Lipinski definition) is 4. The summed E-state index contributed by atoms with van der Waals surface area (Å²) in [5, 5.41) is 6.13. The average molecular weight is 266 g/mol. The number of rotatable bonds is 2. The molecule has 0 radical (unpaired) electrons. The third kappa shape index (κ3) is 2.74. The first-order valence-corrected chi connectivity index (χ1v) is 7.24. The van der Waals surface area contributed by atoms with Crippen molar-refractivity contribution in [2.45, 2.75) is 18.9 Å². The lowest BCUT2D eigenvalue weighted by atomic mass is 9.95. The van der Waals surface area contributed by atoms with Crippen molar-refractivity contribution in [2.75, 3.05) is 45.8 Å². The van der Waals surface area contributed by atoms with Crippen molar-refractivity contribution < 1.29 is 9.59 Å². The lowest BCUT2D eigenvalue weighted by Gasteiger charge is -2.47. The Morgan fingerprint density at radius 2 is 1.95 bits per heavy atom. The van der Waals surface area contributed by atoms with E-state index in [1.807, 2.05) is 4.90 Å². The molecule has 0 saturated carbocycles. The Hall–Kier alpha value is -1.14. The van der Waals surface area contributed by atoms with E-state index in [0.717, 1.165) is 39.3 Å². The lowest BCUT2D eigenvalue weighted by Crippen LogP contribution is -2.65. The van der Waals surface area contributed by atoms with E-state index in [0.29, 0.717) is 25.4 Å². The summed E-state index contributed by atoms with van der Waals surface area (Å²) in [4.78, 5) is 27.8. The van der Waals surface area contributed by atoms with Gasteiger partial charge in [0, 0.05) is 58.3 Å². The smallest absolute Gasteiger partial charge is 0.227 e. The maximum absolute atomic E-state index is 12.3. The normalized spacial score (nSPS) is 29.8. The summed E-state index contributed by atoms with van der Waals surface area (Å²) >= 11 is 0. The van der Waals surface area contributed by atoms with Gasteiger partial charge in [0.15, 0.2) is 0 Å². The topological polar surface area (TPSA) is 64.7 Å². The zero-order chi connectivity index (χ0) is 13.2. The molecule has 0 bridgehead atoms. The van der Waals surface area contributed by atoms with Gasteiger partial charge in [-0.05, 0) is 6.42 Å². The molecule has 1 unspecified atom stereocenters. The Morgan fingerprint density at radius 3 is 2.58 bits per heavy atom. The highest BCUT2D eigenvalue weighted by Gasteiger charge is 2.38. The average Bonchev–Trinajstić information content (AvgIpc) is 2.39. The molecule has 0 spiro atoms. The molecule has 2 amide bonds. The molecule has 106 valence electrons.